The molecule has 1 heterocycles. The van der Waals surface area contributed by atoms with Gasteiger partial charge in [-0.05, 0) is 40.2 Å². The molecule has 0 saturated heterocycles. The Morgan fingerprint density at radius 2 is 1.86 bits per heavy atom. The van der Waals surface area contributed by atoms with Crippen molar-refractivity contribution in [3.63, 3.8) is 0 Å². The number of nitrogens with one attached hydrogen (secondary N) is 2. The standard InChI is InChI=1S/C13H9BrFN3O3/c14-10-2-1-8(4-11(10)15)17-13(21)18-9-3-7(12(19)20)5-16-6-9/h1-6H,(H,19,20)(H2,17,18,21). The van der Waals surface area contributed by atoms with Crippen LogP contribution in [0.1, 0.15) is 10.4 Å². The molecule has 0 fully saturated rings. The van der Waals surface area contributed by atoms with E-state index in [-0.39, 0.29) is 21.4 Å². The van der Waals surface area contributed by atoms with Crippen LogP contribution in [-0.4, -0.2) is 22.1 Å². The summed E-state index contributed by atoms with van der Waals surface area (Å²) in [4.78, 5) is 26.2. The Bertz CT molecular complexity index is 709. The van der Waals surface area contributed by atoms with Crippen LogP contribution in [0.4, 0.5) is 20.6 Å². The number of aromatic nitrogens is 1. The molecule has 108 valence electrons. The summed E-state index contributed by atoms with van der Waals surface area (Å²) in [5, 5.41) is 13.7. The third-order valence-corrected chi connectivity index (χ3v) is 3.06. The van der Waals surface area contributed by atoms with Gasteiger partial charge in [-0.3, -0.25) is 4.98 Å². The lowest BCUT2D eigenvalue weighted by atomic mass is 10.2. The van der Waals surface area contributed by atoms with Crippen molar-refractivity contribution in [2.45, 2.75) is 0 Å². The Morgan fingerprint density at radius 3 is 2.52 bits per heavy atom. The van der Waals surface area contributed by atoms with Crippen molar-refractivity contribution in [3.8, 4) is 0 Å². The highest BCUT2D eigenvalue weighted by molar-refractivity contribution is 9.10. The summed E-state index contributed by atoms with van der Waals surface area (Å²) in [6.45, 7) is 0. The topological polar surface area (TPSA) is 91.3 Å². The van der Waals surface area contributed by atoms with Crippen LogP contribution in [0.3, 0.4) is 0 Å². The Balaban J connectivity index is 2.06. The number of nitrogens with zero attached hydrogens (tertiary/aromatic N) is 1. The summed E-state index contributed by atoms with van der Waals surface area (Å²) in [6.07, 6.45) is 2.46. The summed E-state index contributed by atoms with van der Waals surface area (Å²) in [7, 11) is 0. The number of aromatic carboxylic acids is 1. The monoisotopic (exact) mass is 353 g/mol. The zero-order valence-corrected chi connectivity index (χ0v) is 12.0. The van der Waals surface area contributed by atoms with Crippen LogP contribution in [0.2, 0.25) is 0 Å². The van der Waals surface area contributed by atoms with E-state index in [0.29, 0.717) is 0 Å². The maximum atomic E-state index is 13.3. The van der Waals surface area contributed by atoms with Gasteiger partial charge in [0.15, 0.2) is 0 Å². The fraction of sp³-hybridized carbons (Fsp3) is 0. The highest BCUT2D eigenvalue weighted by atomic mass is 79.9. The zero-order chi connectivity index (χ0) is 15.4. The Labute approximate surface area is 127 Å². The van der Waals surface area contributed by atoms with Crippen molar-refractivity contribution >= 4 is 39.3 Å². The fourth-order valence-corrected chi connectivity index (χ4v) is 1.74. The van der Waals surface area contributed by atoms with Crippen molar-refractivity contribution in [2.24, 2.45) is 0 Å². The van der Waals surface area contributed by atoms with E-state index in [1.807, 2.05) is 0 Å². The van der Waals surface area contributed by atoms with Gasteiger partial charge in [-0.1, -0.05) is 0 Å². The molecule has 2 amide bonds. The predicted octanol–water partition coefficient (Wildman–Crippen LogP) is 3.33. The minimum absolute atomic E-state index is 0.0533. The third-order valence-electron chi connectivity index (χ3n) is 2.42. The number of urea groups is 1. The van der Waals surface area contributed by atoms with Crippen LogP contribution < -0.4 is 10.6 Å². The van der Waals surface area contributed by atoms with E-state index in [4.69, 9.17) is 5.11 Å². The lowest BCUT2D eigenvalue weighted by molar-refractivity contribution is 0.0696. The average molecular weight is 354 g/mol. The van der Waals surface area contributed by atoms with E-state index < -0.39 is 17.8 Å². The molecule has 0 saturated carbocycles. The molecule has 0 radical (unpaired) electrons. The second-order valence-electron chi connectivity index (χ2n) is 3.98. The molecule has 0 aliphatic carbocycles. The van der Waals surface area contributed by atoms with E-state index in [0.717, 1.165) is 12.3 Å². The van der Waals surface area contributed by atoms with E-state index in [2.05, 4.69) is 31.5 Å². The molecule has 6 nitrogen and oxygen atoms in total. The number of pyridine rings is 1. The van der Waals surface area contributed by atoms with Gasteiger partial charge in [-0.25, -0.2) is 14.0 Å². The van der Waals surface area contributed by atoms with Crippen molar-refractivity contribution in [1.29, 1.82) is 0 Å². The molecule has 8 heteroatoms. The number of halogens is 2. The highest BCUT2D eigenvalue weighted by Gasteiger charge is 2.08. The number of anilines is 2. The molecule has 0 aliphatic rings. The third kappa shape index (κ3) is 3.99. The summed E-state index contributed by atoms with van der Waals surface area (Å²) >= 11 is 3.00. The number of carbonyl (C=O) groups is 2. The van der Waals surface area contributed by atoms with E-state index >= 15 is 0 Å². The molecule has 3 N–H and O–H groups in total. The quantitative estimate of drug-likeness (QED) is 0.789. The number of amides is 2. The molecule has 1 aromatic heterocycles. The van der Waals surface area contributed by atoms with Gasteiger partial charge >= 0.3 is 12.0 Å². The first-order valence-electron chi connectivity index (χ1n) is 5.67. The van der Waals surface area contributed by atoms with E-state index in [1.54, 1.807) is 0 Å². The van der Waals surface area contributed by atoms with Crippen molar-refractivity contribution < 1.29 is 19.1 Å². The van der Waals surface area contributed by atoms with Crippen LogP contribution in [0.5, 0.6) is 0 Å². The van der Waals surface area contributed by atoms with Gasteiger partial charge in [-0.15, -0.1) is 0 Å². The minimum atomic E-state index is -1.15. The molecule has 0 spiro atoms. The molecular formula is C13H9BrFN3O3. The highest BCUT2D eigenvalue weighted by Crippen LogP contribution is 2.19. The maximum absolute atomic E-state index is 13.3. The largest absolute Gasteiger partial charge is 0.478 e. The lowest BCUT2D eigenvalue weighted by Crippen LogP contribution is -2.19. The van der Waals surface area contributed by atoms with Gasteiger partial charge < -0.3 is 15.7 Å². The van der Waals surface area contributed by atoms with Gasteiger partial charge in [0.2, 0.25) is 0 Å². The number of carbonyl (C=O) groups excluding carboxylic acids is 1. The fourth-order valence-electron chi connectivity index (χ4n) is 1.49. The van der Waals surface area contributed by atoms with Gasteiger partial charge in [0.1, 0.15) is 5.82 Å². The van der Waals surface area contributed by atoms with E-state index in [9.17, 15) is 14.0 Å². The molecule has 1 aromatic carbocycles. The van der Waals surface area contributed by atoms with Gasteiger partial charge in [0.25, 0.3) is 0 Å². The molecule has 0 unspecified atom stereocenters. The molecular weight excluding hydrogens is 345 g/mol. The Hall–Kier alpha value is -2.48. The van der Waals surface area contributed by atoms with Crippen LogP contribution in [-0.2, 0) is 0 Å². The number of rotatable bonds is 3. The smallest absolute Gasteiger partial charge is 0.337 e. The first-order chi connectivity index (χ1) is 9.95. The summed E-state index contributed by atoms with van der Waals surface area (Å²) in [6, 6.07) is 4.74. The van der Waals surface area contributed by atoms with Gasteiger partial charge in [0, 0.05) is 11.9 Å². The normalized spacial score (nSPS) is 10.0. The lowest BCUT2D eigenvalue weighted by Gasteiger charge is -2.08. The van der Waals surface area contributed by atoms with Crippen molar-refractivity contribution in [1.82, 2.24) is 4.98 Å². The van der Waals surface area contributed by atoms with Crippen LogP contribution in [0.15, 0.2) is 41.1 Å². The number of carboxylic acid groups (broad SMARTS) is 1. The van der Waals surface area contributed by atoms with Gasteiger partial charge in [-0.2, -0.15) is 0 Å². The van der Waals surface area contributed by atoms with Crippen molar-refractivity contribution in [2.75, 3.05) is 10.6 Å². The Kier molecular flexibility index (Phi) is 4.49. The number of benzene rings is 1. The summed E-state index contributed by atoms with van der Waals surface area (Å²) in [5.74, 6) is -1.66. The first-order valence-corrected chi connectivity index (χ1v) is 6.46. The number of hydrogen-bond donors (Lipinski definition) is 3. The Morgan fingerprint density at radius 1 is 1.14 bits per heavy atom. The van der Waals surface area contributed by atoms with Crippen LogP contribution in [0, 0.1) is 5.82 Å². The average Bonchev–Trinajstić information content (AvgIpc) is 2.43. The number of carboxylic acids is 1. The van der Waals surface area contributed by atoms with Crippen molar-refractivity contribution in [3.05, 3.63) is 52.5 Å². The van der Waals surface area contributed by atoms with Gasteiger partial charge in [0.05, 0.1) is 21.9 Å². The zero-order valence-electron chi connectivity index (χ0n) is 10.4. The molecule has 2 rings (SSSR count). The summed E-state index contributed by atoms with van der Waals surface area (Å²) in [5.41, 5.74) is 0.419. The SMILES string of the molecule is O=C(Nc1cncc(C(=O)O)c1)Nc1ccc(Br)c(F)c1. The second-order valence-corrected chi connectivity index (χ2v) is 4.83. The molecule has 2 aromatic rings. The first kappa shape index (κ1) is 14.9. The minimum Gasteiger partial charge on any atom is -0.478 e. The number of hydrogen-bond acceptors (Lipinski definition) is 3. The maximum Gasteiger partial charge on any atom is 0.337 e. The second kappa shape index (κ2) is 6.31. The van der Waals surface area contributed by atoms with E-state index in [1.165, 1.54) is 24.4 Å². The summed E-state index contributed by atoms with van der Waals surface area (Å²) < 4.78 is 13.6. The molecule has 0 atom stereocenters. The molecule has 0 aliphatic heterocycles. The molecule has 0 bridgehead atoms. The predicted molar refractivity (Wildman–Crippen MR) is 77.9 cm³/mol. The molecule has 21 heavy (non-hydrogen) atoms. The van der Waals surface area contributed by atoms with Crippen LogP contribution in [0.25, 0.3) is 0 Å². The van der Waals surface area contributed by atoms with Crippen LogP contribution >= 0.6 is 15.9 Å².